The van der Waals surface area contributed by atoms with Gasteiger partial charge in [-0.25, -0.2) is 0 Å². The second kappa shape index (κ2) is 10.3. The van der Waals surface area contributed by atoms with Gasteiger partial charge in [-0.05, 0) is 42.5 Å². The van der Waals surface area contributed by atoms with Crippen LogP contribution in [0.4, 0.5) is 11.4 Å². The van der Waals surface area contributed by atoms with Crippen LogP contribution in [0.1, 0.15) is 5.56 Å². The van der Waals surface area contributed by atoms with Crippen LogP contribution in [-0.4, -0.2) is 56.0 Å². The lowest BCUT2D eigenvalue weighted by atomic mass is 10.2. The summed E-state index contributed by atoms with van der Waals surface area (Å²) in [5.74, 6) is -1.58. The van der Waals surface area contributed by atoms with Crippen molar-refractivity contribution in [2.75, 3.05) is 49.5 Å². The molecule has 0 aromatic heterocycles. The molecule has 3 rings (SSSR count). The summed E-state index contributed by atoms with van der Waals surface area (Å²) in [6, 6.07) is 14.2. The van der Waals surface area contributed by atoms with Crippen molar-refractivity contribution in [1.82, 2.24) is 10.2 Å². The SMILES string of the molecule is N#Cc1ccc(Cl)cc1NC(=O)C(=O)NCCN1CCN(c2ccc(Cl)cc2)CC1. The van der Waals surface area contributed by atoms with Crippen LogP contribution < -0.4 is 15.5 Å². The molecule has 0 saturated carbocycles. The quantitative estimate of drug-likeness (QED) is 0.690. The van der Waals surface area contributed by atoms with Crippen LogP contribution in [-0.2, 0) is 9.59 Å². The molecule has 2 amide bonds. The van der Waals surface area contributed by atoms with Crippen molar-refractivity contribution < 1.29 is 9.59 Å². The molecule has 2 aromatic rings. The van der Waals surface area contributed by atoms with Gasteiger partial charge in [0, 0.05) is 55.0 Å². The number of halogens is 2. The Balaban J connectivity index is 1.41. The largest absolute Gasteiger partial charge is 0.369 e. The normalized spacial score (nSPS) is 14.1. The van der Waals surface area contributed by atoms with Crippen LogP contribution in [0.2, 0.25) is 10.0 Å². The first-order chi connectivity index (χ1) is 14.5. The van der Waals surface area contributed by atoms with Crippen molar-refractivity contribution in [3.05, 3.63) is 58.1 Å². The number of nitrogens with zero attached hydrogens (tertiary/aromatic N) is 3. The molecule has 1 fully saturated rings. The average molecular weight is 446 g/mol. The molecule has 1 saturated heterocycles. The van der Waals surface area contributed by atoms with Gasteiger partial charge in [-0.2, -0.15) is 5.26 Å². The topological polar surface area (TPSA) is 88.5 Å². The number of piperazine rings is 1. The van der Waals surface area contributed by atoms with Gasteiger partial charge in [0.25, 0.3) is 0 Å². The Morgan fingerprint density at radius 2 is 1.63 bits per heavy atom. The zero-order chi connectivity index (χ0) is 21.5. The fraction of sp³-hybridized carbons (Fsp3) is 0.286. The van der Waals surface area contributed by atoms with Crippen molar-refractivity contribution in [3.8, 4) is 6.07 Å². The molecule has 2 N–H and O–H groups in total. The van der Waals surface area contributed by atoms with Crippen LogP contribution >= 0.6 is 23.2 Å². The summed E-state index contributed by atoms with van der Waals surface area (Å²) in [4.78, 5) is 28.7. The van der Waals surface area contributed by atoms with E-state index in [1.165, 1.54) is 12.1 Å². The van der Waals surface area contributed by atoms with Gasteiger partial charge in [0.15, 0.2) is 0 Å². The Labute approximate surface area is 185 Å². The first-order valence-corrected chi connectivity index (χ1v) is 10.2. The van der Waals surface area contributed by atoms with Gasteiger partial charge in [0.2, 0.25) is 0 Å². The predicted octanol–water partition coefficient (Wildman–Crippen LogP) is 2.74. The maximum Gasteiger partial charge on any atom is 0.313 e. The number of carbonyl (C=O) groups is 2. The molecule has 0 bridgehead atoms. The third kappa shape index (κ3) is 5.86. The molecule has 30 heavy (non-hydrogen) atoms. The van der Waals surface area contributed by atoms with E-state index < -0.39 is 11.8 Å². The maximum atomic E-state index is 12.1. The molecule has 0 unspecified atom stereocenters. The molecule has 2 aromatic carbocycles. The Morgan fingerprint density at radius 3 is 2.30 bits per heavy atom. The van der Waals surface area contributed by atoms with Gasteiger partial charge in [-0.1, -0.05) is 23.2 Å². The third-order valence-electron chi connectivity index (χ3n) is 4.83. The second-order valence-corrected chi connectivity index (χ2v) is 7.69. The zero-order valence-electron chi connectivity index (χ0n) is 16.2. The van der Waals surface area contributed by atoms with Gasteiger partial charge in [-0.3, -0.25) is 14.5 Å². The number of hydrogen-bond acceptors (Lipinski definition) is 5. The van der Waals surface area contributed by atoms with Crippen LogP contribution in [0.3, 0.4) is 0 Å². The van der Waals surface area contributed by atoms with Crippen LogP contribution in [0.5, 0.6) is 0 Å². The van der Waals surface area contributed by atoms with Crippen molar-refractivity contribution in [3.63, 3.8) is 0 Å². The lowest BCUT2D eigenvalue weighted by molar-refractivity contribution is -0.136. The molecule has 0 spiro atoms. The van der Waals surface area contributed by atoms with E-state index >= 15 is 0 Å². The Morgan fingerprint density at radius 1 is 0.967 bits per heavy atom. The van der Waals surface area contributed by atoms with Crippen LogP contribution in [0.15, 0.2) is 42.5 Å². The minimum atomic E-state index is -0.832. The van der Waals surface area contributed by atoms with Crippen molar-refractivity contribution in [2.24, 2.45) is 0 Å². The maximum absolute atomic E-state index is 12.1. The molecule has 1 aliphatic rings. The van der Waals surface area contributed by atoms with Gasteiger partial charge in [-0.15, -0.1) is 0 Å². The third-order valence-corrected chi connectivity index (χ3v) is 5.32. The number of anilines is 2. The number of amides is 2. The fourth-order valence-corrected chi connectivity index (χ4v) is 3.48. The summed E-state index contributed by atoms with van der Waals surface area (Å²) >= 11 is 11.8. The van der Waals surface area contributed by atoms with E-state index in [0.29, 0.717) is 18.1 Å². The van der Waals surface area contributed by atoms with Gasteiger partial charge in [0.05, 0.1) is 11.3 Å². The highest BCUT2D eigenvalue weighted by atomic mass is 35.5. The van der Waals surface area contributed by atoms with Gasteiger partial charge < -0.3 is 15.5 Å². The minimum Gasteiger partial charge on any atom is -0.369 e. The molecule has 0 radical (unpaired) electrons. The number of carbonyl (C=O) groups excluding carboxylic acids is 2. The molecule has 1 heterocycles. The second-order valence-electron chi connectivity index (χ2n) is 6.82. The molecule has 7 nitrogen and oxygen atoms in total. The van der Waals surface area contributed by atoms with E-state index in [0.717, 1.165) is 36.9 Å². The monoisotopic (exact) mass is 445 g/mol. The molecular formula is C21H21Cl2N5O2. The van der Waals surface area contributed by atoms with Crippen molar-refractivity contribution in [1.29, 1.82) is 5.26 Å². The smallest absolute Gasteiger partial charge is 0.313 e. The van der Waals surface area contributed by atoms with E-state index in [1.54, 1.807) is 6.07 Å². The molecule has 9 heteroatoms. The van der Waals surface area contributed by atoms with E-state index in [9.17, 15) is 9.59 Å². The summed E-state index contributed by atoms with van der Waals surface area (Å²) in [5, 5.41) is 15.2. The minimum absolute atomic E-state index is 0.212. The standard InChI is InChI=1S/C21H21Cl2N5O2/c22-16-3-5-18(6-4-16)28-11-9-27(10-12-28)8-7-25-20(29)21(30)26-19-13-17(23)2-1-15(19)14-24/h1-6,13H,7-12H2,(H,25,29)(H,26,30). The lowest BCUT2D eigenvalue weighted by Crippen LogP contribution is -2.49. The van der Waals surface area contributed by atoms with Gasteiger partial charge in [0.1, 0.15) is 6.07 Å². The number of nitrogens with one attached hydrogen (secondary N) is 2. The fourth-order valence-electron chi connectivity index (χ4n) is 3.19. The lowest BCUT2D eigenvalue weighted by Gasteiger charge is -2.36. The first-order valence-electron chi connectivity index (χ1n) is 9.48. The summed E-state index contributed by atoms with van der Waals surface area (Å²) in [7, 11) is 0. The number of benzene rings is 2. The summed E-state index contributed by atoms with van der Waals surface area (Å²) in [6.07, 6.45) is 0. The van der Waals surface area contributed by atoms with Crippen LogP contribution in [0.25, 0.3) is 0 Å². The highest BCUT2D eigenvalue weighted by Gasteiger charge is 2.19. The van der Waals surface area contributed by atoms with Crippen molar-refractivity contribution >= 4 is 46.4 Å². The zero-order valence-corrected chi connectivity index (χ0v) is 17.7. The summed E-state index contributed by atoms with van der Waals surface area (Å²) in [6.45, 7) is 4.48. The predicted molar refractivity (Wildman–Crippen MR) is 118 cm³/mol. The van der Waals surface area contributed by atoms with E-state index in [-0.39, 0.29) is 11.3 Å². The summed E-state index contributed by atoms with van der Waals surface area (Å²) in [5.41, 5.74) is 1.59. The number of nitriles is 1. The highest BCUT2D eigenvalue weighted by molar-refractivity contribution is 6.40. The Kier molecular flexibility index (Phi) is 7.52. The molecule has 1 aliphatic heterocycles. The molecule has 0 aliphatic carbocycles. The average Bonchev–Trinajstić information content (AvgIpc) is 2.75. The van der Waals surface area contributed by atoms with Gasteiger partial charge >= 0.3 is 11.8 Å². The van der Waals surface area contributed by atoms with Crippen molar-refractivity contribution in [2.45, 2.75) is 0 Å². The Hall–Kier alpha value is -2.79. The number of rotatable bonds is 5. The van der Waals surface area contributed by atoms with E-state index in [2.05, 4.69) is 20.4 Å². The Bertz CT molecular complexity index is 951. The van der Waals surface area contributed by atoms with E-state index in [1.807, 2.05) is 30.3 Å². The molecule has 0 atom stereocenters. The molecular weight excluding hydrogens is 425 g/mol. The first kappa shape index (κ1) is 21.9. The van der Waals surface area contributed by atoms with Crippen LogP contribution in [0, 0.1) is 11.3 Å². The van der Waals surface area contributed by atoms with E-state index in [4.69, 9.17) is 28.5 Å². The number of hydrogen-bond donors (Lipinski definition) is 2. The molecule has 156 valence electrons. The summed E-state index contributed by atoms with van der Waals surface area (Å²) < 4.78 is 0. The highest BCUT2D eigenvalue weighted by Crippen LogP contribution is 2.21.